The highest BCUT2D eigenvalue weighted by molar-refractivity contribution is 5.92. The topological polar surface area (TPSA) is 60.5 Å². The van der Waals surface area contributed by atoms with Crippen molar-refractivity contribution in [3.63, 3.8) is 0 Å². The molecule has 0 saturated carbocycles. The van der Waals surface area contributed by atoms with E-state index in [0.29, 0.717) is 17.3 Å². The number of carbonyl (C=O) groups is 1. The molecule has 0 bridgehead atoms. The number of nitrogens with zero attached hydrogens (tertiary/aromatic N) is 1. The predicted molar refractivity (Wildman–Crippen MR) is 71.4 cm³/mol. The SMILES string of the molecule is COc1cccnc1NC(=O)COc1ccccc1. The fourth-order valence-corrected chi connectivity index (χ4v) is 1.48. The van der Waals surface area contributed by atoms with Crippen LogP contribution in [0.25, 0.3) is 0 Å². The number of amides is 1. The number of carbonyl (C=O) groups excluding carboxylic acids is 1. The number of benzene rings is 1. The molecule has 5 nitrogen and oxygen atoms in total. The first-order valence-electron chi connectivity index (χ1n) is 5.76. The molecule has 5 heteroatoms. The van der Waals surface area contributed by atoms with E-state index in [1.54, 1.807) is 30.5 Å². The van der Waals surface area contributed by atoms with Crippen LogP contribution in [0, 0.1) is 0 Å². The van der Waals surface area contributed by atoms with Crippen LogP contribution in [-0.2, 0) is 4.79 Å². The number of para-hydroxylation sites is 1. The summed E-state index contributed by atoms with van der Waals surface area (Å²) in [5.74, 6) is 1.24. The lowest BCUT2D eigenvalue weighted by molar-refractivity contribution is -0.118. The number of nitrogens with one attached hydrogen (secondary N) is 1. The van der Waals surface area contributed by atoms with Crippen molar-refractivity contribution in [2.75, 3.05) is 19.0 Å². The van der Waals surface area contributed by atoms with Gasteiger partial charge >= 0.3 is 0 Å². The van der Waals surface area contributed by atoms with Crippen molar-refractivity contribution in [3.8, 4) is 11.5 Å². The zero-order valence-electron chi connectivity index (χ0n) is 10.5. The first kappa shape index (κ1) is 12.9. The number of pyridine rings is 1. The lowest BCUT2D eigenvalue weighted by Crippen LogP contribution is -2.21. The number of anilines is 1. The minimum atomic E-state index is -0.291. The first-order chi connectivity index (χ1) is 9.29. The maximum absolute atomic E-state index is 11.7. The second-order valence-corrected chi connectivity index (χ2v) is 3.70. The molecule has 0 saturated heterocycles. The molecule has 0 spiro atoms. The Bertz CT molecular complexity index is 543. The van der Waals surface area contributed by atoms with Gasteiger partial charge in [0.15, 0.2) is 18.2 Å². The van der Waals surface area contributed by atoms with E-state index in [0.717, 1.165) is 0 Å². The number of rotatable bonds is 5. The Balaban J connectivity index is 1.91. The van der Waals surface area contributed by atoms with Gasteiger partial charge in [0.05, 0.1) is 7.11 Å². The Morgan fingerprint density at radius 1 is 1.21 bits per heavy atom. The second-order valence-electron chi connectivity index (χ2n) is 3.70. The molecule has 1 amide bonds. The number of ether oxygens (including phenoxy) is 2. The van der Waals surface area contributed by atoms with Gasteiger partial charge in [-0.3, -0.25) is 4.79 Å². The van der Waals surface area contributed by atoms with E-state index in [-0.39, 0.29) is 12.5 Å². The molecule has 0 radical (unpaired) electrons. The molecular formula is C14H14N2O3. The molecule has 98 valence electrons. The molecule has 1 aromatic heterocycles. The number of aromatic nitrogens is 1. The van der Waals surface area contributed by atoms with E-state index in [4.69, 9.17) is 9.47 Å². The lowest BCUT2D eigenvalue weighted by atomic mass is 10.3. The van der Waals surface area contributed by atoms with Crippen molar-refractivity contribution < 1.29 is 14.3 Å². The third-order valence-electron chi connectivity index (χ3n) is 2.36. The molecule has 0 aliphatic heterocycles. The highest BCUT2D eigenvalue weighted by atomic mass is 16.5. The zero-order chi connectivity index (χ0) is 13.5. The quantitative estimate of drug-likeness (QED) is 0.892. The summed E-state index contributed by atoms with van der Waals surface area (Å²) >= 11 is 0. The molecule has 0 unspecified atom stereocenters. The Kier molecular flexibility index (Phi) is 4.34. The van der Waals surface area contributed by atoms with Gasteiger partial charge < -0.3 is 14.8 Å². The van der Waals surface area contributed by atoms with Gasteiger partial charge in [-0.05, 0) is 24.3 Å². The van der Waals surface area contributed by atoms with Crippen LogP contribution in [0.1, 0.15) is 0 Å². The maximum Gasteiger partial charge on any atom is 0.263 e. The number of hydrogen-bond acceptors (Lipinski definition) is 4. The van der Waals surface area contributed by atoms with Gasteiger partial charge in [0.25, 0.3) is 5.91 Å². The summed E-state index contributed by atoms with van der Waals surface area (Å²) in [7, 11) is 1.52. The third-order valence-corrected chi connectivity index (χ3v) is 2.36. The van der Waals surface area contributed by atoms with Crippen LogP contribution in [0.15, 0.2) is 48.7 Å². The Hall–Kier alpha value is -2.56. The highest BCUT2D eigenvalue weighted by Gasteiger charge is 2.08. The van der Waals surface area contributed by atoms with Crippen molar-refractivity contribution in [1.29, 1.82) is 0 Å². The monoisotopic (exact) mass is 258 g/mol. The minimum Gasteiger partial charge on any atom is -0.493 e. The van der Waals surface area contributed by atoms with Crippen LogP contribution in [0.2, 0.25) is 0 Å². The maximum atomic E-state index is 11.7. The zero-order valence-corrected chi connectivity index (χ0v) is 10.5. The predicted octanol–water partition coefficient (Wildman–Crippen LogP) is 2.11. The largest absolute Gasteiger partial charge is 0.493 e. The van der Waals surface area contributed by atoms with Gasteiger partial charge in [0.2, 0.25) is 0 Å². The first-order valence-corrected chi connectivity index (χ1v) is 5.76. The molecular weight excluding hydrogens is 244 g/mol. The van der Waals surface area contributed by atoms with E-state index >= 15 is 0 Å². The van der Waals surface area contributed by atoms with Gasteiger partial charge in [-0.15, -0.1) is 0 Å². The summed E-state index contributed by atoms with van der Waals surface area (Å²) in [5, 5.41) is 2.63. The molecule has 0 atom stereocenters. The van der Waals surface area contributed by atoms with Gasteiger partial charge in [-0.25, -0.2) is 4.98 Å². The summed E-state index contributed by atoms with van der Waals surface area (Å²) in [6.07, 6.45) is 1.58. The van der Waals surface area contributed by atoms with Crippen LogP contribution in [0.4, 0.5) is 5.82 Å². The minimum absolute atomic E-state index is 0.0796. The van der Waals surface area contributed by atoms with E-state index in [1.807, 2.05) is 18.2 Å². The van der Waals surface area contributed by atoms with Crippen LogP contribution < -0.4 is 14.8 Å². The van der Waals surface area contributed by atoms with E-state index < -0.39 is 0 Å². The average molecular weight is 258 g/mol. The van der Waals surface area contributed by atoms with Crippen LogP contribution >= 0.6 is 0 Å². The number of hydrogen-bond donors (Lipinski definition) is 1. The summed E-state index contributed by atoms with van der Waals surface area (Å²) in [6.45, 7) is -0.0796. The Labute approximate surface area is 111 Å². The number of methoxy groups -OCH3 is 1. The Morgan fingerprint density at radius 2 is 2.00 bits per heavy atom. The van der Waals surface area contributed by atoms with Gasteiger partial charge in [-0.2, -0.15) is 0 Å². The fraction of sp³-hybridized carbons (Fsp3) is 0.143. The van der Waals surface area contributed by atoms with Crippen molar-refractivity contribution in [2.24, 2.45) is 0 Å². The molecule has 0 fully saturated rings. The van der Waals surface area contributed by atoms with Crippen LogP contribution in [0.5, 0.6) is 11.5 Å². The summed E-state index contributed by atoms with van der Waals surface area (Å²) in [6, 6.07) is 12.6. The van der Waals surface area contributed by atoms with Crippen molar-refractivity contribution in [2.45, 2.75) is 0 Å². The standard InChI is InChI=1S/C14H14N2O3/c1-18-12-8-5-9-15-14(12)16-13(17)10-19-11-6-3-2-4-7-11/h2-9H,10H2,1H3,(H,15,16,17). The van der Waals surface area contributed by atoms with Gasteiger partial charge in [0.1, 0.15) is 5.75 Å². The molecule has 2 rings (SSSR count). The molecule has 0 aliphatic carbocycles. The highest BCUT2D eigenvalue weighted by Crippen LogP contribution is 2.19. The van der Waals surface area contributed by atoms with Gasteiger partial charge in [-0.1, -0.05) is 18.2 Å². The summed E-state index contributed by atoms with van der Waals surface area (Å²) < 4.78 is 10.4. The summed E-state index contributed by atoms with van der Waals surface area (Å²) in [4.78, 5) is 15.8. The fourth-order valence-electron chi connectivity index (χ4n) is 1.48. The normalized spacial score (nSPS) is 9.74. The molecule has 2 aromatic rings. The Morgan fingerprint density at radius 3 is 2.74 bits per heavy atom. The van der Waals surface area contributed by atoms with Crippen molar-refractivity contribution >= 4 is 11.7 Å². The van der Waals surface area contributed by atoms with Crippen LogP contribution in [-0.4, -0.2) is 24.6 Å². The van der Waals surface area contributed by atoms with Crippen molar-refractivity contribution in [1.82, 2.24) is 4.98 Å². The summed E-state index contributed by atoms with van der Waals surface area (Å²) in [5.41, 5.74) is 0. The van der Waals surface area contributed by atoms with E-state index in [9.17, 15) is 4.79 Å². The van der Waals surface area contributed by atoms with Gasteiger partial charge in [0, 0.05) is 6.20 Å². The molecule has 1 aromatic carbocycles. The molecule has 0 aliphatic rings. The van der Waals surface area contributed by atoms with Crippen molar-refractivity contribution in [3.05, 3.63) is 48.7 Å². The molecule has 19 heavy (non-hydrogen) atoms. The lowest BCUT2D eigenvalue weighted by Gasteiger charge is -2.09. The molecule has 1 heterocycles. The second kappa shape index (κ2) is 6.39. The van der Waals surface area contributed by atoms with E-state index in [1.165, 1.54) is 7.11 Å². The third kappa shape index (κ3) is 3.70. The average Bonchev–Trinajstić information content (AvgIpc) is 2.47. The van der Waals surface area contributed by atoms with Crippen LogP contribution in [0.3, 0.4) is 0 Å². The smallest absolute Gasteiger partial charge is 0.263 e. The van der Waals surface area contributed by atoms with E-state index in [2.05, 4.69) is 10.3 Å². The molecule has 1 N–H and O–H groups in total.